The number of nitrogens with one attached hydrogen (secondary N) is 1. The molecular weight excluding hydrogens is 274 g/mol. The van der Waals surface area contributed by atoms with Crippen LogP contribution in [0.25, 0.3) is 0 Å². The van der Waals surface area contributed by atoms with E-state index in [4.69, 9.17) is 0 Å². The second-order valence-corrected chi connectivity index (χ2v) is 5.89. The van der Waals surface area contributed by atoms with Gasteiger partial charge in [0.05, 0.1) is 0 Å². The molecule has 5 heteroatoms. The van der Waals surface area contributed by atoms with Crippen LogP contribution in [0.5, 0.6) is 0 Å². The molecule has 0 radical (unpaired) electrons. The third kappa shape index (κ3) is 3.43. The van der Waals surface area contributed by atoms with Crippen LogP contribution in [0.15, 0.2) is 42.7 Å². The molecule has 0 amide bonds. The van der Waals surface area contributed by atoms with Crippen LogP contribution in [0.4, 0.5) is 5.95 Å². The third-order valence-electron chi connectivity index (χ3n) is 4.02. The van der Waals surface area contributed by atoms with Crippen LogP contribution in [-0.2, 0) is 6.54 Å². The Kier molecular flexibility index (Phi) is 4.65. The van der Waals surface area contributed by atoms with Crippen LogP contribution >= 0.6 is 0 Å². The normalized spacial score (nSPS) is 19.1. The van der Waals surface area contributed by atoms with E-state index in [1.165, 1.54) is 5.56 Å². The fourth-order valence-corrected chi connectivity index (χ4v) is 2.83. The number of hydrogen-bond donors (Lipinski definition) is 1. The average Bonchev–Trinajstić information content (AvgIpc) is 2.57. The van der Waals surface area contributed by atoms with Gasteiger partial charge in [-0.15, -0.1) is 0 Å². The van der Waals surface area contributed by atoms with Crippen molar-refractivity contribution in [3.63, 3.8) is 0 Å². The number of piperazine rings is 1. The average molecular weight is 297 g/mol. The zero-order chi connectivity index (χ0) is 15.4. The summed E-state index contributed by atoms with van der Waals surface area (Å²) in [4.78, 5) is 13.2. The standard InChI is InChI=1S/C17H23N5/c1-21(2)17-19-10-14(11-20-17)13-22-9-8-18-12-16(22)15-6-4-3-5-7-15/h3-7,10-11,16,18H,8-9,12-13H2,1-2H3/t16-/m1/s1. The minimum Gasteiger partial charge on any atom is -0.347 e. The third-order valence-corrected chi connectivity index (χ3v) is 4.02. The molecule has 1 aliphatic rings. The molecule has 1 aromatic heterocycles. The van der Waals surface area contributed by atoms with Gasteiger partial charge in [0.1, 0.15) is 0 Å². The summed E-state index contributed by atoms with van der Waals surface area (Å²) in [6.07, 6.45) is 3.87. The van der Waals surface area contributed by atoms with E-state index in [0.29, 0.717) is 6.04 Å². The number of aromatic nitrogens is 2. The van der Waals surface area contributed by atoms with Crippen LogP contribution < -0.4 is 10.2 Å². The summed E-state index contributed by atoms with van der Waals surface area (Å²) in [5, 5.41) is 3.49. The Morgan fingerprint density at radius 1 is 1.18 bits per heavy atom. The van der Waals surface area contributed by atoms with Crippen molar-refractivity contribution >= 4 is 5.95 Å². The molecule has 0 bridgehead atoms. The Morgan fingerprint density at radius 2 is 1.91 bits per heavy atom. The highest BCUT2D eigenvalue weighted by Crippen LogP contribution is 2.23. The molecule has 22 heavy (non-hydrogen) atoms. The molecule has 5 nitrogen and oxygen atoms in total. The first-order valence-electron chi connectivity index (χ1n) is 7.72. The molecule has 0 spiro atoms. The van der Waals surface area contributed by atoms with Gasteiger partial charge >= 0.3 is 0 Å². The minimum atomic E-state index is 0.406. The zero-order valence-corrected chi connectivity index (χ0v) is 13.2. The molecule has 0 aliphatic carbocycles. The lowest BCUT2D eigenvalue weighted by Crippen LogP contribution is -2.45. The molecular formula is C17H23N5. The molecule has 1 aromatic carbocycles. The summed E-state index contributed by atoms with van der Waals surface area (Å²) in [7, 11) is 3.91. The second kappa shape index (κ2) is 6.85. The van der Waals surface area contributed by atoms with Crippen LogP contribution in [0.2, 0.25) is 0 Å². The Labute approximate surface area is 132 Å². The van der Waals surface area contributed by atoms with Crippen LogP contribution in [-0.4, -0.2) is 48.6 Å². The lowest BCUT2D eigenvalue weighted by Gasteiger charge is -2.36. The largest absolute Gasteiger partial charge is 0.347 e. The quantitative estimate of drug-likeness (QED) is 0.930. The molecule has 0 unspecified atom stereocenters. The first-order chi connectivity index (χ1) is 10.7. The highest BCUT2D eigenvalue weighted by molar-refractivity contribution is 5.27. The van der Waals surface area contributed by atoms with Crippen molar-refractivity contribution in [1.82, 2.24) is 20.2 Å². The zero-order valence-electron chi connectivity index (χ0n) is 13.2. The molecule has 1 fully saturated rings. The summed E-state index contributed by atoms with van der Waals surface area (Å²) >= 11 is 0. The van der Waals surface area contributed by atoms with E-state index in [9.17, 15) is 0 Å². The maximum absolute atomic E-state index is 4.41. The molecule has 3 rings (SSSR count). The lowest BCUT2D eigenvalue weighted by atomic mass is 10.0. The highest BCUT2D eigenvalue weighted by atomic mass is 15.2. The SMILES string of the molecule is CN(C)c1ncc(CN2CCNC[C@@H]2c2ccccc2)cn1. The first kappa shape index (κ1) is 14.9. The minimum absolute atomic E-state index is 0.406. The lowest BCUT2D eigenvalue weighted by molar-refractivity contribution is 0.153. The van der Waals surface area contributed by atoms with Crippen LogP contribution in [0, 0.1) is 0 Å². The van der Waals surface area contributed by atoms with Gasteiger partial charge in [0.2, 0.25) is 5.95 Å². The van der Waals surface area contributed by atoms with Gasteiger partial charge in [-0.3, -0.25) is 4.90 Å². The number of anilines is 1. The van der Waals surface area contributed by atoms with E-state index in [2.05, 4.69) is 50.5 Å². The number of nitrogens with zero attached hydrogens (tertiary/aromatic N) is 4. The van der Waals surface area contributed by atoms with Crippen molar-refractivity contribution in [2.45, 2.75) is 12.6 Å². The van der Waals surface area contributed by atoms with Crippen molar-refractivity contribution in [3.05, 3.63) is 53.9 Å². The smallest absolute Gasteiger partial charge is 0.224 e. The molecule has 2 heterocycles. The Balaban J connectivity index is 1.74. The molecule has 2 aromatic rings. The van der Waals surface area contributed by atoms with Crippen molar-refractivity contribution in [3.8, 4) is 0 Å². The van der Waals surface area contributed by atoms with Crippen molar-refractivity contribution in [1.29, 1.82) is 0 Å². The highest BCUT2D eigenvalue weighted by Gasteiger charge is 2.23. The topological polar surface area (TPSA) is 44.3 Å². The Bertz CT molecular complexity index is 582. The number of hydrogen-bond acceptors (Lipinski definition) is 5. The van der Waals surface area contributed by atoms with Gasteiger partial charge in [-0.2, -0.15) is 0 Å². The second-order valence-electron chi connectivity index (χ2n) is 5.89. The van der Waals surface area contributed by atoms with Gasteiger partial charge in [0, 0.05) is 64.3 Å². The van der Waals surface area contributed by atoms with Gasteiger partial charge in [0.25, 0.3) is 0 Å². The van der Waals surface area contributed by atoms with Gasteiger partial charge < -0.3 is 10.2 Å². The molecule has 1 atom stereocenters. The van der Waals surface area contributed by atoms with Gasteiger partial charge in [-0.25, -0.2) is 9.97 Å². The Hall–Kier alpha value is -1.98. The van der Waals surface area contributed by atoms with Crippen molar-refractivity contribution in [2.75, 3.05) is 38.6 Å². The van der Waals surface area contributed by atoms with E-state index in [0.717, 1.165) is 37.7 Å². The van der Waals surface area contributed by atoms with Gasteiger partial charge in [0.15, 0.2) is 0 Å². The van der Waals surface area contributed by atoms with Crippen molar-refractivity contribution in [2.24, 2.45) is 0 Å². The van der Waals surface area contributed by atoms with E-state index < -0.39 is 0 Å². The van der Waals surface area contributed by atoms with Crippen molar-refractivity contribution < 1.29 is 0 Å². The van der Waals surface area contributed by atoms with Crippen LogP contribution in [0.1, 0.15) is 17.2 Å². The fourth-order valence-electron chi connectivity index (χ4n) is 2.83. The van der Waals surface area contributed by atoms with E-state index in [1.54, 1.807) is 0 Å². The van der Waals surface area contributed by atoms with Crippen LogP contribution in [0.3, 0.4) is 0 Å². The van der Waals surface area contributed by atoms with E-state index in [1.807, 2.05) is 31.4 Å². The van der Waals surface area contributed by atoms with E-state index in [-0.39, 0.29) is 0 Å². The summed E-state index contributed by atoms with van der Waals surface area (Å²) in [5.74, 6) is 0.753. The maximum atomic E-state index is 4.41. The summed E-state index contributed by atoms with van der Waals surface area (Å²) in [6.45, 7) is 3.94. The summed E-state index contributed by atoms with van der Waals surface area (Å²) in [6, 6.07) is 11.1. The predicted octanol–water partition coefficient (Wildman–Crippen LogP) is 1.69. The summed E-state index contributed by atoms with van der Waals surface area (Å²) in [5.41, 5.74) is 2.52. The first-order valence-corrected chi connectivity index (χ1v) is 7.72. The van der Waals surface area contributed by atoms with E-state index >= 15 is 0 Å². The molecule has 0 saturated carbocycles. The molecule has 116 valence electrons. The Morgan fingerprint density at radius 3 is 2.59 bits per heavy atom. The molecule has 1 N–H and O–H groups in total. The maximum Gasteiger partial charge on any atom is 0.224 e. The molecule has 1 saturated heterocycles. The monoisotopic (exact) mass is 297 g/mol. The molecule has 1 aliphatic heterocycles. The number of benzene rings is 1. The van der Waals surface area contributed by atoms with Gasteiger partial charge in [-0.05, 0) is 5.56 Å². The van der Waals surface area contributed by atoms with Gasteiger partial charge in [-0.1, -0.05) is 30.3 Å². The number of rotatable bonds is 4. The summed E-state index contributed by atoms with van der Waals surface area (Å²) < 4.78 is 0. The predicted molar refractivity (Wildman–Crippen MR) is 88.8 cm³/mol. The fraction of sp³-hybridized carbons (Fsp3) is 0.412.